The van der Waals surface area contributed by atoms with Crippen molar-refractivity contribution in [3.05, 3.63) is 24.0 Å². The molecule has 0 spiro atoms. The molecule has 0 atom stereocenters. The smallest absolute Gasteiger partial charge is 0.137 e. The lowest BCUT2D eigenvalue weighted by atomic mass is 10.3. The van der Waals surface area contributed by atoms with Crippen LogP contribution in [0.4, 0.5) is 0 Å². The molecule has 0 saturated heterocycles. The fourth-order valence-electron chi connectivity index (χ4n) is 1.27. The van der Waals surface area contributed by atoms with Crippen molar-refractivity contribution in [2.45, 2.75) is 39.3 Å². The molecule has 0 radical (unpaired) electrons. The predicted octanol–water partition coefficient (Wildman–Crippen LogP) is 2.37. The Kier molecular flexibility index (Phi) is 6.13. The van der Waals surface area contributed by atoms with Gasteiger partial charge in [-0.1, -0.05) is 13.8 Å². The van der Waals surface area contributed by atoms with E-state index in [1.54, 1.807) is 6.20 Å². The summed E-state index contributed by atoms with van der Waals surface area (Å²) in [5.41, 5.74) is 1.02. The Morgan fingerprint density at radius 3 is 2.88 bits per heavy atom. The van der Waals surface area contributed by atoms with Gasteiger partial charge < -0.3 is 10.1 Å². The molecule has 3 heteroatoms. The van der Waals surface area contributed by atoms with Gasteiger partial charge in [0.05, 0.1) is 18.5 Å². The third-order valence-electron chi connectivity index (χ3n) is 2.22. The van der Waals surface area contributed by atoms with Gasteiger partial charge in [0.1, 0.15) is 5.75 Å². The molecule has 0 fully saturated rings. The first kappa shape index (κ1) is 13.5. The summed E-state index contributed by atoms with van der Waals surface area (Å²) < 4.78 is 5.51. The van der Waals surface area contributed by atoms with E-state index in [2.05, 4.69) is 30.1 Å². The van der Waals surface area contributed by atoms with Crippen molar-refractivity contribution in [1.29, 1.82) is 0 Å². The van der Waals surface area contributed by atoms with Gasteiger partial charge in [0.25, 0.3) is 0 Å². The van der Waals surface area contributed by atoms with Gasteiger partial charge in [-0.2, -0.15) is 0 Å². The van der Waals surface area contributed by atoms with Crippen molar-refractivity contribution in [1.82, 2.24) is 10.3 Å². The number of nitrogens with zero attached hydrogens (tertiary/aromatic N) is 1. The Hall–Kier alpha value is -1.53. The van der Waals surface area contributed by atoms with Crippen LogP contribution in [0.5, 0.6) is 5.75 Å². The molecular formula is C14H20N2O. The van der Waals surface area contributed by atoms with E-state index in [-0.39, 0.29) is 0 Å². The largest absolute Gasteiger partial charge is 0.492 e. The highest BCUT2D eigenvalue weighted by atomic mass is 16.5. The van der Waals surface area contributed by atoms with E-state index in [1.807, 2.05) is 12.1 Å². The zero-order valence-corrected chi connectivity index (χ0v) is 10.6. The second kappa shape index (κ2) is 7.70. The maximum atomic E-state index is 5.51. The molecular weight excluding hydrogens is 212 g/mol. The van der Waals surface area contributed by atoms with Crippen molar-refractivity contribution < 1.29 is 4.74 Å². The Morgan fingerprint density at radius 1 is 1.47 bits per heavy atom. The molecule has 0 aliphatic carbocycles. The van der Waals surface area contributed by atoms with Gasteiger partial charge in [-0.25, -0.2) is 0 Å². The molecule has 0 saturated carbocycles. The Labute approximate surface area is 104 Å². The summed E-state index contributed by atoms with van der Waals surface area (Å²) in [5, 5.41) is 3.32. The van der Waals surface area contributed by atoms with Gasteiger partial charge in [-0.15, -0.1) is 12.3 Å². The van der Waals surface area contributed by atoms with Crippen molar-refractivity contribution in [2.24, 2.45) is 0 Å². The summed E-state index contributed by atoms with van der Waals surface area (Å²) in [5.74, 6) is 3.39. The third-order valence-corrected chi connectivity index (χ3v) is 2.22. The molecule has 1 N–H and O–H groups in total. The normalized spacial score (nSPS) is 10.2. The Balaban J connectivity index is 2.32. The quantitative estimate of drug-likeness (QED) is 0.579. The number of terminal acetylenes is 1. The lowest BCUT2D eigenvalue weighted by molar-refractivity contribution is 0.311. The molecule has 0 unspecified atom stereocenters. The molecule has 3 nitrogen and oxygen atoms in total. The third kappa shape index (κ3) is 5.94. The second-order valence-corrected chi connectivity index (χ2v) is 4.18. The Bertz CT molecular complexity index is 351. The highest BCUT2D eigenvalue weighted by molar-refractivity contribution is 5.19. The zero-order chi connectivity index (χ0) is 12.5. The molecule has 92 valence electrons. The van der Waals surface area contributed by atoms with Crippen LogP contribution in [0, 0.1) is 12.3 Å². The molecule has 0 amide bonds. The zero-order valence-electron chi connectivity index (χ0n) is 10.6. The summed E-state index contributed by atoms with van der Waals surface area (Å²) in [6, 6.07) is 4.39. The minimum Gasteiger partial charge on any atom is -0.492 e. The first-order valence-corrected chi connectivity index (χ1v) is 5.97. The van der Waals surface area contributed by atoms with E-state index >= 15 is 0 Å². The molecule has 1 rings (SSSR count). The number of rotatable bonds is 7. The fourth-order valence-corrected chi connectivity index (χ4v) is 1.27. The van der Waals surface area contributed by atoms with E-state index in [0.29, 0.717) is 12.6 Å². The number of hydrogen-bond acceptors (Lipinski definition) is 3. The van der Waals surface area contributed by atoms with E-state index in [9.17, 15) is 0 Å². The lowest BCUT2D eigenvalue weighted by Crippen LogP contribution is -2.22. The minimum atomic E-state index is 0.469. The molecule has 0 aliphatic rings. The SMILES string of the molecule is C#CCCCOc1ccc(CNC(C)C)nc1. The number of unbranched alkanes of at least 4 members (excludes halogenated alkanes) is 1. The number of pyridine rings is 1. The van der Waals surface area contributed by atoms with Gasteiger partial charge >= 0.3 is 0 Å². The van der Waals surface area contributed by atoms with Gasteiger partial charge in [0.15, 0.2) is 0 Å². The average Bonchev–Trinajstić information content (AvgIpc) is 2.33. The number of nitrogens with one attached hydrogen (secondary N) is 1. The van der Waals surface area contributed by atoms with Crippen LogP contribution in [0.2, 0.25) is 0 Å². The molecule has 1 aromatic rings. The topological polar surface area (TPSA) is 34.1 Å². The van der Waals surface area contributed by atoms with Crippen LogP contribution in [0.3, 0.4) is 0 Å². The van der Waals surface area contributed by atoms with Crippen LogP contribution in [-0.4, -0.2) is 17.6 Å². The summed E-state index contributed by atoms with van der Waals surface area (Å²) in [7, 11) is 0. The average molecular weight is 232 g/mol. The van der Waals surface area contributed by atoms with Gasteiger partial charge in [0.2, 0.25) is 0 Å². The van der Waals surface area contributed by atoms with Crippen LogP contribution in [0.25, 0.3) is 0 Å². The van der Waals surface area contributed by atoms with Crippen molar-refractivity contribution in [3.8, 4) is 18.1 Å². The van der Waals surface area contributed by atoms with E-state index < -0.39 is 0 Å². The van der Waals surface area contributed by atoms with Crippen molar-refractivity contribution in [2.75, 3.05) is 6.61 Å². The molecule has 0 bridgehead atoms. The molecule has 0 aliphatic heterocycles. The minimum absolute atomic E-state index is 0.469. The monoisotopic (exact) mass is 232 g/mol. The standard InChI is InChI=1S/C14H20N2O/c1-4-5-6-9-17-14-8-7-13(16-11-14)10-15-12(2)3/h1,7-8,11-12,15H,5-6,9-10H2,2-3H3. The number of ether oxygens (including phenoxy) is 1. The summed E-state index contributed by atoms with van der Waals surface area (Å²) in [6.07, 6.45) is 8.55. The Morgan fingerprint density at radius 2 is 2.29 bits per heavy atom. The maximum absolute atomic E-state index is 5.51. The van der Waals surface area contributed by atoms with Crippen molar-refractivity contribution in [3.63, 3.8) is 0 Å². The van der Waals surface area contributed by atoms with E-state index in [0.717, 1.165) is 30.8 Å². The van der Waals surface area contributed by atoms with Gasteiger partial charge in [0, 0.05) is 19.0 Å². The van der Waals surface area contributed by atoms with Crippen LogP contribution in [0.15, 0.2) is 18.3 Å². The fraction of sp³-hybridized carbons (Fsp3) is 0.500. The van der Waals surface area contributed by atoms with Crippen molar-refractivity contribution >= 4 is 0 Å². The lowest BCUT2D eigenvalue weighted by Gasteiger charge is -2.08. The first-order chi connectivity index (χ1) is 8.22. The summed E-state index contributed by atoms with van der Waals surface area (Å²) in [4.78, 5) is 4.32. The second-order valence-electron chi connectivity index (χ2n) is 4.18. The molecule has 1 heterocycles. The predicted molar refractivity (Wildman–Crippen MR) is 69.8 cm³/mol. The summed E-state index contributed by atoms with van der Waals surface area (Å²) in [6.45, 7) is 5.66. The van der Waals surface area contributed by atoms with E-state index in [1.165, 1.54) is 0 Å². The van der Waals surface area contributed by atoms with Gasteiger partial charge in [-0.05, 0) is 18.6 Å². The van der Waals surface area contributed by atoms with Crippen LogP contribution >= 0.6 is 0 Å². The van der Waals surface area contributed by atoms with Gasteiger partial charge in [-0.3, -0.25) is 4.98 Å². The maximum Gasteiger partial charge on any atom is 0.137 e. The van der Waals surface area contributed by atoms with Crippen LogP contribution in [-0.2, 0) is 6.54 Å². The summed E-state index contributed by atoms with van der Waals surface area (Å²) >= 11 is 0. The van der Waals surface area contributed by atoms with E-state index in [4.69, 9.17) is 11.2 Å². The highest BCUT2D eigenvalue weighted by Crippen LogP contribution is 2.09. The number of hydrogen-bond donors (Lipinski definition) is 1. The van der Waals surface area contributed by atoms with Crippen LogP contribution in [0.1, 0.15) is 32.4 Å². The number of aromatic nitrogens is 1. The first-order valence-electron chi connectivity index (χ1n) is 5.97. The van der Waals surface area contributed by atoms with Crippen LogP contribution < -0.4 is 10.1 Å². The molecule has 17 heavy (non-hydrogen) atoms. The molecule has 0 aromatic carbocycles. The molecule has 1 aromatic heterocycles. The highest BCUT2D eigenvalue weighted by Gasteiger charge is 1.98.